The van der Waals surface area contributed by atoms with Gasteiger partial charge in [-0.1, -0.05) is 11.6 Å². The minimum atomic E-state index is -3.24. The molecule has 0 rings (SSSR count). The van der Waals surface area contributed by atoms with Gasteiger partial charge >= 0.3 is 36.9 Å². The normalized spacial score (nSPS) is 10.2. The Hall–Kier alpha value is 0.992. The maximum absolute atomic E-state index is 9.24. The van der Waals surface area contributed by atoms with Crippen LogP contribution in [0.15, 0.2) is 0 Å². The number of halogens is 1. The van der Waals surface area contributed by atoms with E-state index in [-0.39, 0.29) is 26.5 Å². The van der Waals surface area contributed by atoms with Crippen LogP contribution in [-0.4, -0.2) is 11.2 Å². The fraction of sp³-hybridized carbons (Fsp3) is 1.00. The van der Waals surface area contributed by atoms with Gasteiger partial charge in [0.05, 0.1) is 0 Å². The molecule has 10 heteroatoms. The fourth-order valence-electron chi connectivity index (χ4n) is 0.0544. The monoisotopic (exact) mass is 314 g/mol. The number of aliphatic hydroxyl groups is 1. The molecule has 68 valence electrons. The van der Waals surface area contributed by atoms with E-state index in [1.807, 2.05) is 0 Å². The van der Waals surface area contributed by atoms with E-state index in [0.29, 0.717) is 0 Å². The molecule has 0 amide bonds. The van der Waals surface area contributed by atoms with Crippen LogP contribution in [0.4, 0.5) is 0 Å². The molecule has 0 aromatic rings. The van der Waals surface area contributed by atoms with Crippen molar-refractivity contribution >= 4 is 28.1 Å². The van der Waals surface area contributed by atoms with Crippen molar-refractivity contribution in [3.63, 3.8) is 0 Å². The number of rotatable bonds is 2. The Morgan fingerprint density at radius 3 is 1.55 bits per heavy atom. The van der Waals surface area contributed by atoms with Gasteiger partial charge in [0.25, 0.3) is 0 Å². The van der Waals surface area contributed by atoms with Gasteiger partial charge in [0.1, 0.15) is 10.4 Å². The van der Waals surface area contributed by atoms with E-state index in [0.717, 1.165) is 0 Å². The first-order valence-electron chi connectivity index (χ1n) is 1.68. The second-order valence-electron chi connectivity index (χ2n) is 0.648. The van der Waals surface area contributed by atoms with Crippen LogP contribution in [0.5, 0.6) is 0 Å². The van der Waals surface area contributed by atoms with E-state index in [1.165, 1.54) is 0 Å². The van der Waals surface area contributed by atoms with Gasteiger partial charge in [-0.2, -0.15) is 0 Å². The van der Waals surface area contributed by atoms with Crippen molar-refractivity contribution in [1.29, 1.82) is 0 Å². The van der Waals surface area contributed by atoms with Crippen LogP contribution in [-0.2, 0) is 33.9 Å². The standard InChI is InChI=1S/CH3ClO.O5P2.Pd/c2-1-3;1-6(2)5-7(3)4;/h3H,1H2;;/q;;+2. The smallest absolute Gasteiger partial charge is 0.563 e. The van der Waals surface area contributed by atoms with E-state index >= 15 is 0 Å². The molecule has 0 aliphatic carbocycles. The Morgan fingerprint density at radius 1 is 1.36 bits per heavy atom. The van der Waals surface area contributed by atoms with Gasteiger partial charge in [-0.25, -0.2) is 0 Å². The van der Waals surface area contributed by atoms with Gasteiger partial charge in [-0.15, -0.1) is 0 Å². The molecule has 0 aromatic carbocycles. The van der Waals surface area contributed by atoms with Gasteiger partial charge in [0, 0.05) is 0 Å². The van der Waals surface area contributed by atoms with Crippen molar-refractivity contribution in [2.75, 3.05) is 6.07 Å². The molecule has 0 spiro atoms. The number of hydrogen-bond donors (Lipinski definition) is 1. The molecule has 0 heterocycles. The number of hydrogen-bond acceptors (Lipinski definition) is 6. The quantitative estimate of drug-likeness (QED) is 0.406. The summed E-state index contributed by atoms with van der Waals surface area (Å²) < 4.78 is 21.6. The molecule has 0 aromatic heterocycles. The number of aliphatic hydroxyl groups excluding tert-OH is 1. The number of alkyl halides is 1. The summed E-state index contributed by atoms with van der Waals surface area (Å²) in [6.45, 7) is 0. The average molecular weight is 315 g/mol. The van der Waals surface area contributed by atoms with Crippen molar-refractivity contribution in [2.24, 2.45) is 0 Å². The van der Waals surface area contributed by atoms with Crippen molar-refractivity contribution in [3.8, 4) is 0 Å². The molecule has 11 heavy (non-hydrogen) atoms. The largest absolute Gasteiger partial charge is 2.00 e. The molecule has 0 radical (unpaired) electrons. The van der Waals surface area contributed by atoms with E-state index in [1.54, 1.807) is 0 Å². The van der Waals surface area contributed by atoms with Crippen molar-refractivity contribution in [3.05, 3.63) is 0 Å². The van der Waals surface area contributed by atoms with Gasteiger partial charge in [-0.3, -0.25) is 0 Å². The molecule has 0 aliphatic rings. The van der Waals surface area contributed by atoms with E-state index in [2.05, 4.69) is 15.9 Å². The molecule has 0 bridgehead atoms. The third-order valence-electron chi connectivity index (χ3n) is 0.133. The molecule has 0 saturated heterocycles. The maximum Gasteiger partial charge on any atom is 2.00 e. The van der Waals surface area contributed by atoms with Gasteiger partial charge in [0.2, 0.25) is 0 Å². The minimum Gasteiger partial charge on any atom is -0.563 e. The van der Waals surface area contributed by atoms with Crippen LogP contribution < -0.4 is 9.79 Å². The van der Waals surface area contributed by atoms with Crippen LogP contribution >= 0.6 is 28.1 Å². The molecule has 0 saturated carbocycles. The van der Waals surface area contributed by atoms with Crippen molar-refractivity contribution in [2.45, 2.75) is 0 Å². The van der Waals surface area contributed by atoms with Crippen LogP contribution in [0.3, 0.4) is 0 Å². The van der Waals surface area contributed by atoms with Crippen molar-refractivity contribution in [1.82, 2.24) is 0 Å². The summed E-state index contributed by atoms with van der Waals surface area (Å²) in [6, 6.07) is -0.278. The molecular weight excluding hydrogens is 312 g/mol. The SMILES string of the molecule is O=[P+]([O-])O[P+](=O)[O-].OCCl.[Pd+2]. The average Bonchev–Trinajstić information content (AvgIpc) is 1.62. The molecule has 1 N–H and O–H groups in total. The zero-order valence-corrected chi connectivity index (χ0v) is 8.88. The second kappa shape index (κ2) is 13.6. The van der Waals surface area contributed by atoms with Crippen LogP contribution in [0.1, 0.15) is 0 Å². The third-order valence-corrected chi connectivity index (χ3v) is 1.20. The summed E-state index contributed by atoms with van der Waals surface area (Å²) in [5, 5.41) is 7.33. The van der Waals surface area contributed by atoms with Crippen molar-refractivity contribution < 1.29 is 48.8 Å². The molecule has 2 unspecified atom stereocenters. The van der Waals surface area contributed by atoms with E-state index in [9.17, 15) is 18.9 Å². The Kier molecular flexibility index (Phi) is 22.1. The first-order chi connectivity index (χ1) is 4.54. The predicted molar refractivity (Wildman–Crippen MR) is 29.2 cm³/mol. The molecule has 0 aliphatic heterocycles. The van der Waals surface area contributed by atoms with Crippen LogP contribution in [0.25, 0.3) is 0 Å². The van der Waals surface area contributed by atoms with E-state index < -0.39 is 16.5 Å². The molecule has 0 fully saturated rings. The Bertz CT molecular complexity index is 107. The summed E-state index contributed by atoms with van der Waals surface area (Å²) in [6.07, 6.45) is 0. The maximum atomic E-state index is 9.24. The molecule has 6 nitrogen and oxygen atoms in total. The molecule has 2 atom stereocenters. The first-order valence-corrected chi connectivity index (χ1v) is 4.40. The third kappa shape index (κ3) is 35.7. The van der Waals surface area contributed by atoms with Crippen LogP contribution in [0, 0.1) is 0 Å². The summed E-state index contributed by atoms with van der Waals surface area (Å²) in [5.74, 6) is 0. The summed E-state index contributed by atoms with van der Waals surface area (Å²) >= 11 is 4.55. The zero-order chi connectivity index (χ0) is 8.57. The van der Waals surface area contributed by atoms with Gasteiger partial charge < -0.3 is 14.9 Å². The summed E-state index contributed by atoms with van der Waals surface area (Å²) in [7, 11) is -6.47. The van der Waals surface area contributed by atoms with Gasteiger partial charge in [-0.05, 0) is 9.13 Å². The topological polar surface area (TPSA) is 110 Å². The minimum absolute atomic E-state index is 0. The summed E-state index contributed by atoms with van der Waals surface area (Å²) in [4.78, 5) is 18.5. The Morgan fingerprint density at radius 2 is 1.55 bits per heavy atom. The zero-order valence-electron chi connectivity index (χ0n) is 4.78. The fourth-order valence-corrected chi connectivity index (χ4v) is 0.490. The Balaban J connectivity index is -0.000000140. The van der Waals surface area contributed by atoms with Crippen LogP contribution in [0.2, 0.25) is 0 Å². The van der Waals surface area contributed by atoms with Gasteiger partial charge in [0.15, 0.2) is 0 Å². The van der Waals surface area contributed by atoms with E-state index in [4.69, 9.17) is 5.11 Å². The second-order valence-corrected chi connectivity index (χ2v) is 2.44. The summed E-state index contributed by atoms with van der Waals surface area (Å²) in [5.41, 5.74) is 0. The molecular formula is CH3ClO6P2Pd+2. The first kappa shape index (κ1) is 17.9. The predicted octanol–water partition coefficient (Wildman–Crippen LogP) is -0.789. The Labute approximate surface area is 83.1 Å².